The fraction of sp³-hybridized carbons (Fsp3) is 0.600. The molecule has 1 saturated heterocycles. The van der Waals surface area contributed by atoms with Crippen molar-refractivity contribution in [3.05, 3.63) is 34.3 Å². The molecule has 1 atom stereocenters. The Morgan fingerprint density at radius 2 is 2.15 bits per heavy atom. The molecular formula is C20H32ClN5O. The lowest BCUT2D eigenvalue weighted by molar-refractivity contribution is -0.127. The molecule has 27 heavy (non-hydrogen) atoms. The van der Waals surface area contributed by atoms with Crippen molar-refractivity contribution in [2.75, 3.05) is 40.3 Å². The number of nitrogens with zero attached hydrogens (tertiary/aromatic N) is 3. The van der Waals surface area contributed by atoms with E-state index in [1.54, 1.807) is 19.0 Å². The number of carbonyl (C=O) groups is 1. The van der Waals surface area contributed by atoms with Crippen molar-refractivity contribution in [1.82, 2.24) is 20.4 Å². The third-order valence-electron chi connectivity index (χ3n) is 4.96. The molecule has 0 aliphatic carbocycles. The second kappa shape index (κ2) is 10.5. The van der Waals surface area contributed by atoms with Gasteiger partial charge in [0.05, 0.1) is 13.1 Å². The highest BCUT2D eigenvalue weighted by Gasteiger charge is 2.22. The summed E-state index contributed by atoms with van der Waals surface area (Å²) in [5.41, 5.74) is 2.13. The summed E-state index contributed by atoms with van der Waals surface area (Å²) in [4.78, 5) is 20.6. The summed E-state index contributed by atoms with van der Waals surface area (Å²) in [7, 11) is 3.50. The van der Waals surface area contributed by atoms with E-state index in [0.29, 0.717) is 18.5 Å². The zero-order valence-corrected chi connectivity index (χ0v) is 17.6. The number of rotatable bonds is 7. The molecule has 0 aromatic heterocycles. The van der Waals surface area contributed by atoms with Crippen LogP contribution in [0.15, 0.2) is 23.2 Å². The molecule has 1 aromatic rings. The number of aryl methyl sites for hydroxylation is 1. The Kier molecular flexibility index (Phi) is 8.38. The number of likely N-dealkylation sites (N-methyl/N-ethyl adjacent to an activating group) is 2. The van der Waals surface area contributed by atoms with E-state index in [0.717, 1.165) is 35.8 Å². The highest BCUT2D eigenvalue weighted by Crippen LogP contribution is 2.17. The summed E-state index contributed by atoms with van der Waals surface area (Å²) in [5.74, 6) is 0.684. The van der Waals surface area contributed by atoms with Crippen molar-refractivity contribution < 1.29 is 4.79 Å². The molecule has 1 aliphatic rings. The van der Waals surface area contributed by atoms with Crippen LogP contribution in [0, 0.1) is 6.92 Å². The second-order valence-corrected chi connectivity index (χ2v) is 7.60. The van der Waals surface area contributed by atoms with Gasteiger partial charge in [0.2, 0.25) is 5.91 Å². The summed E-state index contributed by atoms with van der Waals surface area (Å²) in [5, 5.41) is 7.33. The SMILES string of the molecule is CCN1CCCC1CNC(=NCc1ccc(Cl)c(C)c1)NCC(=O)N(C)C. The lowest BCUT2D eigenvalue weighted by atomic mass is 10.1. The largest absolute Gasteiger partial charge is 0.355 e. The first-order valence-corrected chi connectivity index (χ1v) is 10.00. The molecule has 0 radical (unpaired) electrons. The van der Waals surface area contributed by atoms with Gasteiger partial charge in [-0.3, -0.25) is 9.69 Å². The highest BCUT2D eigenvalue weighted by atomic mass is 35.5. The van der Waals surface area contributed by atoms with Gasteiger partial charge in [-0.15, -0.1) is 0 Å². The summed E-state index contributed by atoms with van der Waals surface area (Å²) >= 11 is 6.10. The normalized spacial score (nSPS) is 17.8. The Bertz CT molecular complexity index is 662. The van der Waals surface area contributed by atoms with Gasteiger partial charge in [0.15, 0.2) is 5.96 Å². The number of likely N-dealkylation sites (tertiary alicyclic amines) is 1. The van der Waals surface area contributed by atoms with Crippen molar-refractivity contribution in [3.8, 4) is 0 Å². The standard InChI is InChI=1S/C20H32ClN5O/c1-5-26-10-6-7-17(26)13-23-20(24-14-19(27)25(3)4)22-12-16-8-9-18(21)15(2)11-16/h8-9,11,17H,5-7,10,12-14H2,1-4H3,(H2,22,23,24). The first-order chi connectivity index (χ1) is 12.9. The maximum Gasteiger partial charge on any atom is 0.241 e. The molecule has 2 rings (SSSR count). The predicted octanol–water partition coefficient (Wildman–Crippen LogP) is 2.26. The number of guanidine groups is 1. The van der Waals surface area contributed by atoms with Gasteiger partial charge >= 0.3 is 0 Å². The first-order valence-electron chi connectivity index (χ1n) is 9.62. The van der Waals surface area contributed by atoms with Crippen molar-refractivity contribution in [2.24, 2.45) is 4.99 Å². The van der Waals surface area contributed by atoms with Crippen LogP contribution in [0.1, 0.15) is 30.9 Å². The minimum atomic E-state index is 0.0166. The van der Waals surface area contributed by atoms with Crippen LogP contribution in [0.2, 0.25) is 5.02 Å². The van der Waals surface area contributed by atoms with Gasteiger partial charge in [0.1, 0.15) is 0 Å². The second-order valence-electron chi connectivity index (χ2n) is 7.20. The maximum absolute atomic E-state index is 11.9. The fourth-order valence-corrected chi connectivity index (χ4v) is 3.34. The van der Waals surface area contributed by atoms with Crippen LogP contribution >= 0.6 is 11.6 Å². The Hall–Kier alpha value is -1.79. The van der Waals surface area contributed by atoms with Crippen LogP contribution in [0.5, 0.6) is 0 Å². The third-order valence-corrected chi connectivity index (χ3v) is 5.38. The summed E-state index contributed by atoms with van der Waals surface area (Å²) in [6, 6.07) is 6.45. The Morgan fingerprint density at radius 3 is 2.81 bits per heavy atom. The molecule has 1 amide bonds. The Morgan fingerprint density at radius 1 is 1.37 bits per heavy atom. The quantitative estimate of drug-likeness (QED) is 0.551. The van der Waals surface area contributed by atoms with Crippen LogP contribution in [0.3, 0.4) is 0 Å². The number of halogens is 1. The highest BCUT2D eigenvalue weighted by molar-refractivity contribution is 6.31. The van der Waals surface area contributed by atoms with Crippen LogP contribution in [-0.4, -0.2) is 68.0 Å². The number of amides is 1. The van der Waals surface area contributed by atoms with Crippen LogP contribution in [0.4, 0.5) is 0 Å². The van der Waals surface area contributed by atoms with Crippen molar-refractivity contribution >= 4 is 23.5 Å². The topological polar surface area (TPSA) is 60.0 Å². The lowest BCUT2D eigenvalue weighted by Crippen LogP contribution is -2.47. The molecule has 1 fully saturated rings. The summed E-state index contributed by atoms with van der Waals surface area (Å²) in [6.07, 6.45) is 2.43. The first kappa shape index (κ1) is 21.5. The number of aliphatic imine (C=N–C) groups is 1. The van der Waals surface area contributed by atoms with Crippen molar-refractivity contribution in [1.29, 1.82) is 0 Å². The van der Waals surface area contributed by atoms with E-state index in [1.807, 2.05) is 25.1 Å². The van der Waals surface area contributed by atoms with Crippen molar-refractivity contribution in [2.45, 2.75) is 39.3 Å². The van der Waals surface area contributed by atoms with E-state index in [-0.39, 0.29) is 12.5 Å². The van der Waals surface area contributed by atoms with E-state index in [1.165, 1.54) is 12.8 Å². The lowest BCUT2D eigenvalue weighted by Gasteiger charge is -2.24. The van der Waals surface area contributed by atoms with Crippen LogP contribution < -0.4 is 10.6 Å². The van der Waals surface area contributed by atoms with Gasteiger partial charge in [-0.2, -0.15) is 0 Å². The molecule has 1 aromatic carbocycles. The van der Waals surface area contributed by atoms with Gasteiger partial charge in [-0.25, -0.2) is 4.99 Å². The van der Waals surface area contributed by atoms with Gasteiger partial charge in [-0.1, -0.05) is 30.7 Å². The number of carbonyl (C=O) groups excluding carboxylic acids is 1. The number of hydrogen-bond donors (Lipinski definition) is 2. The van der Waals surface area contributed by atoms with E-state index >= 15 is 0 Å². The molecular weight excluding hydrogens is 362 g/mol. The van der Waals surface area contributed by atoms with E-state index in [4.69, 9.17) is 11.6 Å². The van der Waals surface area contributed by atoms with Gasteiger partial charge < -0.3 is 15.5 Å². The summed E-state index contributed by atoms with van der Waals surface area (Å²) < 4.78 is 0. The van der Waals surface area contributed by atoms with E-state index in [9.17, 15) is 4.79 Å². The fourth-order valence-electron chi connectivity index (χ4n) is 3.22. The Labute approximate surface area is 168 Å². The molecule has 6 nitrogen and oxygen atoms in total. The molecule has 1 unspecified atom stereocenters. The van der Waals surface area contributed by atoms with Gasteiger partial charge in [0.25, 0.3) is 0 Å². The van der Waals surface area contributed by atoms with Crippen molar-refractivity contribution in [3.63, 3.8) is 0 Å². The minimum absolute atomic E-state index is 0.0166. The Balaban J connectivity index is 2.00. The monoisotopic (exact) mass is 393 g/mol. The van der Waals surface area contributed by atoms with Crippen LogP contribution in [0.25, 0.3) is 0 Å². The molecule has 0 bridgehead atoms. The number of hydrogen-bond acceptors (Lipinski definition) is 3. The average Bonchev–Trinajstić information content (AvgIpc) is 3.11. The van der Waals surface area contributed by atoms with Gasteiger partial charge in [0, 0.05) is 31.7 Å². The molecule has 0 spiro atoms. The average molecular weight is 394 g/mol. The smallest absolute Gasteiger partial charge is 0.241 e. The molecule has 2 N–H and O–H groups in total. The third kappa shape index (κ3) is 6.70. The van der Waals surface area contributed by atoms with E-state index < -0.39 is 0 Å². The summed E-state index contributed by atoms with van der Waals surface area (Å²) in [6.45, 7) is 8.00. The maximum atomic E-state index is 11.9. The molecule has 150 valence electrons. The minimum Gasteiger partial charge on any atom is -0.355 e. The van der Waals surface area contributed by atoms with Gasteiger partial charge in [-0.05, 0) is 50.0 Å². The zero-order chi connectivity index (χ0) is 19.8. The zero-order valence-electron chi connectivity index (χ0n) is 16.9. The number of benzene rings is 1. The van der Waals surface area contributed by atoms with E-state index in [2.05, 4.69) is 27.4 Å². The predicted molar refractivity (Wildman–Crippen MR) is 112 cm³/mol. The molecule has 1 aliphatic heterocycles. The van der Waals surface area contributed by atoms with Crippen LogP contribution in [-0.2, 0) is 11.3 Å². The molecule has 0 saturated carbocycles. The molecule has 7 heteroatoms. The number of nitrogens with one attached hydrogen (secondary N) is 2. The molecule has 1 heterocycles.